The summed E-state index contributed by atoms with van der Waals surface area (Å²) in [6, 6.07) is 4.39. The zero-order valence-corrected chi connectivity index (χ0v) is 17.7. The van der Waals surface area contributed by atoms with Crippen molar-refractivity contribution in [2.24, 2.45) is 11.8 Å². The number of ether oxygens (including phenoxy) is 2. The minimum atomic E-state index is -1.42. The van der Waals surface area contributed by atoms with E-state index in [-0.39, 0.29) is 18.3 Å². The molecule has 0 saturated heterocycles. The summed E-state index contributed by atoms with van der Waals surface area (Å²) in [4.78, 5) is 12.4. The topological polar surface area (TPSA) is 35.5 Å². The van der Waals surface area contributed by atoms with E-state index < -0.39 is 46.1 Å². The van der Waals surface area contributed by atoms with Crippen molar-refractivity contribution in [3.05, 3.63) is 47.5 Å². The predicted molar refractivity (Wildman–Crippen MR) is 109 cm³/mol. The third kappa shape index (κ3) is 5.02. The van der Waals surface area contributed by atoms with Crippen LogP contribution in [0.15, 0.2) is 24.3 Å². The minimum absolute atomic E-state index is 0.124. The van der Waals surface area contributed by atoms with E-state index in [0.717, 1.165) is 49.9 Å². The smallest absolute Gasteiger partial charge is 0.314 e. The molecule has 1 aliphatic carbocycles. The van der Waals surface area contributed by atoms with Crippen molar-refractivity contribution in [3.8, 4) is 22.6 Å². The number of rotatable bonds is 8. The molecule has 3 nitrogen and oxygen atoms in total. The summed E-state index contributed by atoms with van der Waals surface area (Å²) in [5.74, 6) is -6.84. The Morgan fingerprint density at radius 2 is 1.52 bits per heavy atom. The largest absolute Gasteiger partial charge is 0.491 e. The Hall–Kier alpha value is -2.57. The highest BCUT2D eigenvalue weighted by Crippen LogP contribution is 2.37. The second kappa shape index (κ2) is 10.2. The summed E-state index contributed by atoms with van der Waals surface area (Å²) < 4.78 is 67.8. The van der Waals surface area contributed by atoms with E-state index in [2.05, 4.69) is 6.92 Å². The average molecular weight is 438 g/mol. The van der Waals surface area contributed by atoms with Crippen LogP contribution in [0.2, 0.25) is 0 Å². The zero-order chi connectivity index (χ0) is 22.5. The zero-order valence-electron chi connectivity index (χ0n) is 17.7. The van der Waals surface area contributed by atoms with Gasteiger partial charge in [0, 0.05) is 11.1 Å². The summed E-state index contributed by atoms with van der Waals surface area (Å²) in [7, 11) is 0. The van der Waals surface area contributed by atoms with Gasteiger partial charge in [0.05, 0.1) is 12.5 Å². The molecule has 168 valence electrons. The van der Waals surface area contributed by atoms with E-state index in [1.165, 1.54) is 0 Å². The lowest BCUT2D eigenvalue weighted by atomic mass is 9.99. The number of carbonyl (C=O) groups is 1. The minimum Gasteiger partial charge on any atom is -0.491 e. The van der Waals surface area contributed by atoms with Crippen LogP contribution in [-0.4, -0.2) is 12.6 Å². The molecule has 0 spiro atoms. The fourth-order valence-electron chi connectivity index (χ4n) is 4.06. The maximum atomic E-state index is 14.7. The molecule has 0 bridgehead atoms. The molecular formula is C24H26F4O3. The first kappa shape index (κ1) is 23.1. The van der Waals surface area contributed by atoms with Crippen LogP contribution in [-0.2, 0) is 4.79 Å². The third-order valence-electron chi connectivity index (χ3n) is 5.73. The van der Waals surface area contributed by atoms with Gasteiger partial charge in [-0.25, -0.2) is 8.78 Å². The molecule has 0 aromatic heterocycles. The van der Waals surface area contributed by atoms with Crippen LogP contribution in [0.5, 0.6) is 11.5 Å². The molecule has 0 amide bonds. The van der Waals surface area contributed by atoms with Gasteiger partial charge >= 0.3 is 5.97 Å². The van der Waals surface area contributed by atoms with Crippen LogP contribution in [0.25, 0.3) is 11.1 Å². The van der Waals surface area contributed by atoms with E-state index in [1.807, 2.05) is 0 Å². The van der Waals surface area contributed by atoms with Crippen molar-refractivity contribution in [1.29, 1.82) is 0 Å². The maximum absolute atomic E-state index is 14.7. The molecule has 1 aliphatic rings. The van der Waals surface area contributed by atoms with Gasteiger partial charge in [0.2, 0.25) is 11.6 Å². The lowest BCUT2D eigenvalue weighted by Crippen LogP contribution is -2.19. The molecule has 0 radical (unpaired) electrons. The number of carbonyl (C=O) groups excluding carboxylic acids is 1. The van der Waals surface area contributed by atoms with Gasteiger partial charge in [-0.1, -0.05) is 26.2 Å². The second-order valence-corrected chi connectivity index (χ2v) is 7.85. The quantitative estimate of drug-likeness (QED) is 0.258. The highest BCUT2D eigenvalue weighted by molar-refractivity contribution is 5.76. The van der Waals surface area contributed by atoms with Gasteiger partial charge in [-0.3, -0.25) is 4.79 Å². The monoisotopic (exact) mass is 438 g/mol. The number of hydrogen-bond acceptors (Lipinski definition) is 3. The summed E-state index contributed by atoms with van der Waals surface area (Å²) in [6.07, 6.45) is 5.47. The van der Waals surface area contributed by atoms with Gasteiger partial charge in [0.1, 0.15) is 0 Å². The molecule has 2 aromatic carbocycles. The SMILES string of the molecule is CCCCC1CCC(C(=O)Oc2ccc(-c3ccc(OCC)c(F)c3F)c(F)c2F)C1. The molecule has 2 atom stereocenters. The van der Waals surface area contributed by atoms with E-state index >= 15 is 0 Å². The second-order valence-electron chi connectivity index (χ2n) is 7.85. The molecule has 0 aliphatic heterocycles. The van der Waals surface area contributed by atoms with Crippen molar-refractivity contribution < 1.29 is 31.8 Å². The lowest BCUT2D eigenvalue weighted by molar-refractivity contribution is -0.139. The number of hydrogen-bond donors (Lipinski definition) is 0. The van der Waals surface area contributed by atoms with Gasteiger partial charge in [-0.05, 0) is 56.4 Å². The Morgan fingerprint density at radius 3 is 2.13 bits per heavy atom. The van der Waals surface area contributed by atoms with Crippen molar-refractivity contribution in [1.82, 2.24) is 0 Å². The van der Waals surface area contributed by atoms with Crippen molar-refractivity contribution >= 4 is 5.97 Å². The molecule has 31 heavy (non-hydrogen) atoms. The lowest BCUT2D eigenvalue weighted by Gasteiger charge is -2.14. The van der Waals surface area contributed by atoms with Crippen LogP contribution in [0.4, 0.5) is 17.6 Å². The Morgan fingerprint density at radius 1 is 0.903 bits per heavy atom. The van der Waals surface area contributed by atoms with E-state index in [9.17, 15) is 22.4 Å². The Balaban J connectivity index is 1.77. The van der Waals surface area contributed by atoms with Crippen LogP contribution in [0, 0.1) is 35.1 Å². The van der Waals surface area contributed by atoms with Crippen LogP contribution in [0.3, 0.4) is 0 Å². The van der Waals surface area contributed by atoms with Gasteiger partial charge in [-0.15, -0.1) is 0 Å². The number of unbranched alkanes of at least 4 members (excludes halogenated alkanes) is 1. The first-order valence-corrected chi connectivity index (χ1v) is 10.7. The van der Waals surface area contributed by atoms with E-state index in [1.54, 1.807) is 6.92 Å². The molecule has 1 saturated carbocycles. The molecule has 2 aromatic rings. The van der Waals surface area contributed by atoms with Gasteiger partial charge < -0.3 is 9.47 Å². The number of halogens is 4. The summed E-state index contributed by atoms with van der Waals surface area (Å²) >= 11 is 0. The Labute approximate surface area is 179 Å². The molecule has 7 heteroatoms. The van der Waals surface area contributed by atoms with E-state index in [0.29, 0.717) is 18.8 Å². The summed E-state index contributed by atoms with van der Waals surface area (Å²) in [6.45, 7) is 3.84. The molecule has 0 heterocycles. The molecule has 3 rings (SSSR count). The number of benzene rings is 2. The van der Waals surface area contributed by atoms with Crippen LogP contribution in [0.1, 0.15) is 52.4 Å². The standard InChI is InChI=1S/C24H26F4O3/c1-3-5-6-14-7-8-15(13-14)24(29)31-19-12-10-17(21(26)23(19)28)16-9-11-18(30-4-2)22(27)20(16)25/h9-12,14-15H,3-8,13H2,1-2H3. The maximum Gasteiger partial charge on any atom is 0.314 e. The Bertz CT molecular complexity index is 945. The van der Waals surface area contributed by atoms with Crippen LogP contribution < -0.4 is 9.47 Å². The van der Waals surface area contributed by atoms with Gasteiger partial charge in [-0.2, -0.15) is 8.78 Å². The van der Waals surface area contributed by atoms with Gasteiger partial charge in [0.15, 0.2) is 23.1 Å². The highest BCUT2D eigenvalue weighted by Gasteiger charge is 2.32. The molecule has 2 unspecified atom stereocenters. The fraction of sp³-hybridized carbons (Fsp3) is 0.458. The summed E-state index contributed by atoms with van der Waals surface area (Å²) in [5, 5.41) is 0. The molecule has 1 fully saturated rings. The molecular weight excluding hydrogens is 412 g/mol. The first-order valence-electron chi connectivity index (χ1n) is 10.7. The number of esters is 1. The van der Waals surface area contributed by atoms with Crippen molar-refractivity contribution in [3.63, 3.8) is 0 Å². The normalized spacial score (nSPS) is 18.3. The highest BCUT2D eigenvalue weighted by atomic mass is 19.2. The Kier molecular flexibility index (Phi) is 7.57. The fourth-order valence-corrected chi connectivity index (χ4v) is 4.06. The summed E-state index contributed by atoms with van der Waals surface area (Å²) in [5.41, 5.74) is -0.929. The van der Waals surface area contributed by atoms with Crippen molar-refractivity contribution in [2.75, 3.05) is 6.61 Å². The third-order valence-corrected chi connectivity index (χ3v) is 5.73. The predicted octanol–water partition coefficient (Wildman–Crippen LogP) is 6.82. The first-order chi connectivity index (χ1) is 14.9. The van der Waals surface area contributed by atoms with Crippen LogP contribution >= 0.6 is 0 Å². The van der Waals surface area contributed by atoms with Crippen molar-refractivity contribution in [2.45, 2.75) is 52.4 Å². The van der Waals surface area contributed by atoms with Gasteiger partial charge in [0.25, 0.3) is 0 Å². The average Bonchev–Trinajstić information content (AvgIpc) is 3.23. The van der Waals surface area contributed by atoms with E-state index in [4.69, 9.17) is 9.47 Å². The molecule has 0 N–H and O–H groups in total.